The highest BCUT2D eigenvalue weighted by molar-refractivity contribution is 6.56. The lowest BCUT2D eigenvalue weighted by atomic mass is 10.1. The average molecular weight is 381 g/mol. The number of rotatable bonds is 2. The lowest BCUT2D eigenvalue weighted by Gasteiger charge is -2.17. The van der Waals surface area contributed by atoms with E-state index < -0.39 is 0 Å². The van der Waals surface area contributed by atoms with Crippen LogP contribution in [-0.4, -0.2) is 11.6 Å². The summed E-state index contributed by atoms with van der Waals surface area (Å²) in [5.74, 6) is -0.164. The Labute approximate surface area is 161 Å². The van der Waals surface area contributed by atoms with E-state index in [0.29, 0.717) is 21.4 Å². The number of hydrogen-bond acceptors (Lipinski definition) is 2. The minimum atomic E-state index is -0.164. The van der Waals surface area contributed by atoms with Crippen LogP contribution in [0.2, 0.25) is 10.0 Å². The third-order valence-electron chi connectivity index (χ3n) is 4.21. The Kier molecular flexibility index (Phi) is 4.27. The van der Waals surface area contributed by atoms with E-state index in [1.165, 1.54) is 0 Å². The van der Waals surface area contributed by atoms with Crippen LogP contribution in [0.3, 0.4) is 0 Å². The van der Waals surface area contributed by atoms with Crippen molar-refractivity contribution in [3.8, 4) is 0 Å². The molecule has 5 heteroatoms. The second-order valence-corrected chi connectivity index (χ2v) is 6.87. The Morgan fingerprint density at radius 1 is 0.885 bits per heavy atom. The van der Waals surface area contributed by atoms with Crippen molar-refractivity contribution in [1.82, 2.24) is 0 Å². The minimum absolute atomic E-state index is 0.164. The Morgan fingerprint density at radius 2 is 1.69 bits per heavy atom. The molecule has 3 aromatic carbocycles. The summed E-state index contributed by atoms with van der Waals surface area (Å²) in [4.78, 5) is 19.4. The molecule has 0 radical (unpaired) electrons. The van der Waals surface area contributed by atoms with E-state index in [2.05, 4.69) is 4.99 Å². The van der Waals surface area contributed by atoms with Gasteiger partial charge in [-0.1, -0.05) is 53.5 Å². The van der Waals surface area contributed by atoms with E-state index in [0.717, 1.165) is 22.5 Å². The standard InChI is InChI=1S/C21H14Cl2N2O/c1-13-5-4-6-15(11-13)25-19-8-3-2-7-16(19)20(21(25)26)24-14-9-10-17(22)18(23)12-14/h2-12H,1H3/b24-20-. The zero-order valence-electron chi connectivity index (χ0n) is 13.9. The topological polar surface area (TPSA) is 32.7 Å². The maximum atomic E-state index is 13.2. The summed E-state index contributed by atoms with van der Waals surface area (Å²) in [5, 5.41) is 0.859. The van der Waals surface area contributed by atoms with E-state index in [9.17, 15) is 4.79 Å². The van der Waals surface area contributed by atoms with Gasteiger partial charge in [-0.05, 0) is 48.9 Å². The number of aliphatic imine (C=N–C) groups is 1. The van der Waals surface area contributed by atoms with Gasteiger partial charge >= 0.3 is 0 Å². The van der Waals surface area contributed by atoms with Crippen LogP contribution < -0.4 is 4.90 Å². The fourth-order valence-electron chi connectivity index (χ4n) is 3.01. The molecule has 0 unspecified atom stereocenters. The van der Waals surface area contributed by atoms with Gasteiger partial charge in [0.15, 0.2) is 0 Å². The van der Waals surface area contributed by atoms with Gasteiger partial charge in [0.1, 0.15) is 5.71 Å². The zero-order chi connectivity index (χ0) is 18.3. The molecular weight excluding hydrogens is 367 g/mol. The molecule has 0 spiro atoms. The first-order chi connectivity index (χ1) is 12.5. The van der Waals surface area contributed by atoms with Gasteiger partial charge in [0.2, 0.25) is 0 Å². The fourth-order valence-corrected chi connectivity index (χ4v) is 3.31. The smallest absolute Gasteiger partial charge is 0.275 e. The number of benzene rings is 3. The van der Waals surface area contributed by atoms with Crippen molar-refractivity contribution in [2.75, 3.05) is 4.90 Å². The summed E-state index contributed by atoms with van der Waals surface area (Å²) >= 11 is 12.1. The number of carbonyl (C=O) groups is 1. The molecular formula is C21H14Cl2N2O. The number of nitrogens with zero attached hydrogens (tertiary/aromatic N) is 2. The molecule has 0 aromatic heterocycles. The van der Waals surface area contributed by atoms with Crippen LogP contribution in [0.25, 0.3) is 0 Å². The number of halogens is 2. The molecule has 128 valence electrons. The van der Waals surface area contributed by atoms with Gasteiger partial charge in [-0.25, -0.2) is 4.99 Å². The number of carbonyl (C=O) groups excluding carboxylic acids is 1. The quantitative estimate of drug-likeness (QED) is 0.528. The molecule has 0 atom stereocenters. The van der Waals surface area contributed by atoms with Gasteiger partial charge < -0.3 is 0 Å². The maximum Gasteiger partial charge on any atom is 0.282 e. The summed E-state index contributed by atoms with van der Waals surface area (Å²) in [5.41, 5.74) is 4.50. The number of aryl methyl sites for hydroxylation is 1. The number of amides is 1. The summed E-state index contributed by atoms with van der Waals surface area (Å²) < 4.78 is 0. The second-order valence-electron chi connectivity index (χ2n) is 6.06. The SMILES string of the molecule is Cc1cccc(N2C(=O)/C(=N\c3ccc(Cl)c(Cl)c3)c3ccccc32)c1. The lowest BCUT2D eigenvalue weighted by Crippen LogP contribution is -2.25. The van der Waals surface area contributed by atoms with Gasteiger partial charge in [-0.2, -0.15) is 0 Å². The summed E-state index contributed by atoms with van der Waals surface area (Å²) in [6, 6.07) is 20.6. The molecule has 0 saturated heterocycles. The van der Waals surface area contributed by atoms with E-state index in [-0.39, 0.29) is 5.91 Å². The maximum absolute atomic E-state index is 13.2. The molecule has 0 bridgehead atoms. The number of para-hydroxylation sites is 1. The Morgan fingerprint density at radius 3 is 2.46 bits per heavy atom. The molecule has 0 N–H and O–H groups in total. The van der Waals surface area contributed by atoms with Crippen molar-refractivity contribution < 1.29 is 4.79 Å². The van der Waals surface area contributed by atoms with Crippen LogP contribution in [0.15, 0.2) is 71.7 Å². The van der Waals surface area contributed by atoms with Crippen molar-refractivity contribution in [2.24, 2.45) is 4.99 Å². The molecule has 1 aliphatic heterocycles. The molecule has 0 fully saturated rings. The highest BCUT2D eigenvalue weighted by Crippen LogP contribution is 2.37. The van der Waals surface area contributed by atoms with Crippen LogP contribution in [-0.2, 0) is 4.79 Å². The summed E-state index contributed by atoms with van der Waals surface area (Å²) in [6.07, 6.45) is 0. The predicted octanol–water partition coefficient (Wildman–Crippen LogP) is 6.10. The Bertz CT molecular complexity index is 1060. The van der Waals surface area contributed by atoms with Gasteiger partial charge in [0.25, 0.3) is 5.91 Å². The van der Waals surface area contributed by atoms with Crippen molar-refractivity contribution >= 4 is 51.9 Å². The van der Waals surface area contributed by atoms with Crippen LogP contribution in [0, 0.1) is 6.92 Å². The molecule has 1 aliphatic rings. The molecule has 1 heterocycles. The average Bonchev–Trinajstić information content (AvgIpc) is 2.90. The highest BCUT2D eigenvalue weighted by atomic mass is 35.5. The fraction of sp³-hybridized carbons (Fsp3) is 0.0476. The molecule has 3 nitrogen and oxygen atoms in total. The third kappa shape index (κ3) is 2.90. The lowest BCUT2D eigenvalue weighted by molar-refractivity contribution is -0.111. The van der Waals surface area contributed by atoms with Crippen molar-refractivity contribution in [3.63, 3.8) is 0 Å². The molecule has 26 heavy (non-hydrogen) atoms. The first-order valence-electron chi connectivity index (χ1n) is 8.09. The second kappa shape index (κ2) is 6.60. The normalized spacial score (nSPS) is 14.8. The number of fused-ring (bicyclic) bond motifs is 1. The highest BCUT2D eigenvalue weighted by Gasteiger charge is 2.34. The molecule has 3 aromatic rings. The minimum Gasteiger partial charge on any atom is -0.275 e. The van der Waals surface area contributed by atoms with Crippen LogP contribution in [0.4, 0.5) is 17.1 Å². The van der Waals surface area contributed by atoms with Crippen LogP contribution >= 0.6 is 23.2 Å². The monoisotopic (exact) mass is 380 g/mol. The van der Waals surface area contributed by atoms with Crippen molar-refractivity contribution in [3.05, 3.63) is 87.9 Å². The van der Waals surface area contributed by atoms with E-state index >= 15 is 0 Å². The van der Waals surface area contributed by atoms with Crippen LogP contribution in [0.5, 0.6) is 0 Å². The molecule has 0 saturated carbocycles. The zero-order valence-corrected chi connectivity index (χ0v) is 15.4. The Hall–Kier alpha value is -2.62. The van der Waals surface area contributed by atoms with Gasteiger partial charge in [-0.15, -0.1) is 0 Å². The van der Waals surface area contributed by atoms with Gasteiger partial charge in [-0.3, -0.25) is 9.69 Å². The number of hydrogen-bond donors (Lipinski definition) is 0. The van der Waals surface area contributed by atoms with Gasteiger partial charge in [0, 0.05) is 11.3 Å². The summed E-state index contributed by atoms with van der Waals surface area (Å²) in [7, 11) is 0. The van der Waals surface area contributed by atoms with E-state index in [1.54, 1.807) is 23.1 Å². The molecule has 1 amide bonds. The van der Waals surface area contributed by atoms with Gasteiger partial charge in [0.05, 0.1) is 21.4 Å². The first-order valence-corrected chi connectivity index (χ1v) is 8.84. The largest absolute Gasteiger partial charge is 0.282 e. The third-order valence-corrected chi connectivity index (χ3v) is 4.95. The Balaban J connectivity index is 1.86. The van der Waals surface area contributed by atoms with E-state index in [4.69, 9.17) is 23.2 Å². The van der Waals surface area contributed by atoms with Crippen molar-refractivity contribution in [2.45, 2.75) is 6.92 Å². The first kappa shape index (κ1) is 16.8. The van der Waals surface area contributed by atoms with Crippen molar-refractivity contribution in [1.29, 1.82) is 0 Å². The predicted molar refractivity (Wildman–Crippen MR) is 107 cm³/mol. The molecule has 4 rings (SSSR count). The van der Waals surface area contributed by atoms with Crippen LogP contribution in [0.1, 0.15) is 11.1 Å². The summed E-state index contributed by atoms with van der Waals surface area (Å²) in [6.45, 7) is 2.00. The molecule has 0 aliphatic carbocycles. The number of anilines is 2. The van der Waals surface area contributed by atoms with E-state index in [1.807, 2.05) is 55.5 Å².